The molecule has 0 saturated heterocycles. The van der Waals surface area contributed by atoms with E-state index in [2.05, 4.69) is 78.9 Å². The van der Waals surface area contributed by atoms with Crippen LogP contribution in [0.15, 0.2) is 156 Å². The fraction of sp³-hybridized carbons (Fsp3) is 0. The van der Waals surface area contributed by atoms with Crippen molar-refractivity contribution in [2.75, 3.05) is 0 Å². The molecule has 2 aromatic heterocycles. The summed E-state index contributed by atoms with van der Waals surface area (Å²) in [5.74, 6) is 1.87. The zero-order chi connectivity index (χ0) is 29.7. The van der Waals surface area contributed by atoms with Gasteiger partial charge in [-0.1, -0.05) is 140 Å². The number of hydrogen-bond donors (Lipinski definition) is 0. The van der Waals surface area contributed by atoms with Crippen molar-refractivity contribution >= 4 is 43.5 Å². The Morgan fingerprint density at radius 2 is 0.956 bits per heavy atom. The quantitative estimate of drug-likeness (QED) is 0.209. The molecule has 0 amide bonds. The molecule has 0 atom stereocenters. The molecule has 7 aromatic carbocycles. The average Bonchev–Trinajstić information content (AvgIpc) is 3.49. The lowest BCUT2D eigenvalue weighted by Crippen LogP contribution is -2.00. The minimum absolute atomic E-state index is 0.607. The molecule has 4 nitrogen and oxygen atoms in total. The van der Waals surface area contributed by atoms with E-state index in [0.29, 0.717) is 17.5 Å². The first-order valence-electron chi connectivity index (χ1n) is 15.0. The lowest BCUT2D eigenvalue weighted by Gasteiger charge is -2.12. The highest BCUT2D eigenvalue weighted by atomic mass is 16.3. The van der Waals surface area contributed by atoms with Gasteiger partial charge in [-0.15, -0.1) is 0 Å². The molecule has 4 heteroatoms. The number of aromatic nitrogens is 3. The topological polar surface area (TPSA) is 51.8 Å². The molecule has 0 radical (unpaired) electrons. The van der Waals surface area contributed by atoms with Crippen molar-refractivity contribution in [3.63, 3.8) is 0 Å². The standard InChI is InChI=1S/C41H25N3O/c1-3-14-27(15-4-1)39-42-40(28-16-5-2-6-17-28)44-41(43-39)33-23-12-24-35-36(33)34-25-29-18-8-10-21-31(29)37(38(34)45-35)32-22-11-19-26-13-7-9-20-30(26)32/h1-25H. The van der Waals surface area contributed by atoms with Gasteiger partial charge in [-0.05, 0) is 39.2 Å². The first-order chi connectivity index (χ1) is 22.3. The van der Waals surface area contributed by atoms with Crippen LogP contribution in [0.1, 0.15) is 0 Å². The van der Waals surface area contributed by atoms with Crippen LogP contribution in [0.2, 0.25) is 0 Å². The van der Waals surface area contributed by atoms with E-state index >= 15 is 0 Å². The molecule has 0 bridgehead atoms. The van der Waals surface area contributed by atoms with E-state index in [-0.39, 0.29) is 0 Å². The number of rotatable bonds is 4. The van der Waals surface area contributed by atoms with Crippen LogP contribution in [-0.2, 0) is 0 Å². The van der Waals surface area contributed by atoms with Crippen LogP contribution in [0.4, 0.5) is 0 Å². The van der Waals surface area contributed by atoms with Crippen LogP contribution in [0.3, 0.4) is 0 Å². The van der Waals surface area contributed by atoms with Crippen molar-refractivity contribution in [1.82, 2.24) is 15.0 Å². The van der Waals surface area contributed by atoms with Gasteiger partial charge in [-0.3, -0.25) is 0 Å². The maximum absolute atomic E-state index is 6.82. The summed E-state index contributed by atoms with van der Waals surface area (Å²) in [6, 6.07) is 52.1. The summed E-state index contributed by atoms with van der Waals surface area (Å²) < 4.78 is 6.82. The molecule has 2 heterocycles. The Labute approximate surface area is 259 Å². The molecule has 9 rings (SSSR count). The summed E-state index contributed by atoms with van der Waals surface area (Å²) in [6.45, 7) is 0. The molecule has 0 aliphatic rings. The van der Waals surface area contributed by atoms with Gasteiger partial charge < -0.3 is 4.42 Å². The lowest BCUT2D eigenvalue weighted by atomic mass is 9.91. The number of fused-ring (bicyclic) bond motifs is 5. The van der Waals surface area contributed by atoms with Crippen LogP contribution in [0.5, 0.6) is 0 Å². The van der Waals surface area contributed by atoms with Gasteiger partial charge in [0.1, 0.15) is 11.2 Å². The second-order valence-electron chi connectivity index (χ2n) is 11.2. The molecule has 210 valence electrons. The smallest absolute Gasteiger partial charge is 0.164 e. The summed E-state index contributed by atoms with van der Waals surface area (Å²) in [5.41, 5.74) is 6.66. The zero-order valence-corrected chi connectivity index (χ0v) is 24.2. The monoisotopic (exact) mass is 575 g/mol. The number of furan rings is 1. The van der Waals surface area contributed by atoms with Crippen molar-refractivity contribution < 1.29 is 4.42 Å². The van der Waals surface area contributed by atoms with E-state index < -0.39 is 0 Å². The summed E-state index contributed by atoms with van der Waals surface area (Å²) in [5, 5.41) is 6.71. The zero-order valence-electron chi connectivity index (χ0n) is 24.2. The number of hydrogen-bond acceptors (Lipinski definition) is 4. The summed E-state index contributed by atoms with van der Waals surface area (Å²) in [4.78, 5) is 15.0. The molecule has 0 unspecified atom stereocenters. The second-order valence-corrected chi connectivity index (χ2v) is 11.2. The normalized spacial score (nSPS) is 11.6. The highest BCUT2D eigenvalue weighted by Crippen LogP contribution is 2.45. The van der Waals surface area contributed by atoms with Gasteiger partial charge in [0.05, 0.1) is 0 Å². The van der Waals surface area contributed by atoms with Crippen LogP contribution < -0.4 is 0 Å². The van der Waals surface area contributed by atoms with E-state index in [1.165, 1.54) is 10.8 Å². The predicted molar refractivity (Wildman–Crippen MR) is 184 cm³/mol. The van der Waals surface area contributed by atoms with Crippen molar-refractivity contribution in [3.8, 4) is 45.3 Å². The highest BCUT2D eigenvalue weighted by molar-refractivity contribution is 6.23. The van der Waals surface area contributed by atoms with E-state index in [1.807, 2.05) is 72.8 Å². The largest absolute Gasteiger partial charge is 0.455 e. The van der Waals surface area contributed by atoms with E-state index in [9.17, 15) is 0 Å². The third-order valence-electron chi connectivity index (χ3n) is 8.51. The maximum atomic E-state index is 6.82. The second kappa shape index (κ2) is 10.2. The SMILES string of the molecule is c1ccc(-c2nc(-c3ccccc3)nc(-c3cccc4oc5c(-c6cccc7ccccc67)c6ccccc6cc5c34)n2)cc1. The molecule has 45 heavy (non-hydrogen) atoms. The molecule has 0 aliphatic carbocycles. The van der Waals surface area contributed by atoms with Crippen LogP contribution in [0, 0.1) is 0 Å². The van der Waals surface area contributed by atoms with Gasteiger partial charge >= 0.3 is 0 Å². The van der Waals surface area contributed by atoms with Gasteiger partial charge in [-0.2, -0.15) is 0 Å². The molecule has 0 N–H and O–H groups in total. The first kappa shape index (κ1) is 25.4. The Morgan fingerprint density at radius 3 is 1.69 bits per heavy atom. The van der Waals surface area contributed by atoms with Crippen LogP contribution >= 0.6 is 0 Å². The van der Waals surface area contributed by atoms with E-state index in [4.69, 9.17) is 19.4 Å². The Morgan fingerprint density at radius 1 is 0.400 bits per heavy atom. The Hall–Kier alpha value is -6.13. The van der Waals surface area contributed by atoms with Gasteiger partial charge in [0, 0.05) is 33.0 Å². The minimum atomic E-state index is 0.607. The van der Waals surface area contributed by atoms with Crippen LogP contribution in [-0.4, -0.2) is 15.0 Å². The third kappa shape index (κ3) is 4.19. The molecule has 9 aromatic rings. The predicted octanol–water partition coefficient (Wildman–Crippen LogP) is 10.7. The lowest BCUT2D eigenvalue weighted by molar-refractivity contribution is 0.670. The molecule has 0 spiro atoms. The van der Waals surface area contributed by atoms with Crippen molar-refractivity contribution in [1.29, 1.82) is 0 Å². The van der Waals surface area contributed by atoms with Gasteiger partial charge in [0.2, 0.25) is 0 Å². The third-order valence-corrected chi connectivity index (χ3v) is 8.51. The van der Waals surface area contributed by atoms with E-state index in [0.717, 1.165) is 60.5 Å². The van der Waals surface area contributed by atoms with Crippen molar-refractivity contribution in [2.24, 2.45) is 0 Å². The Balaban J connectivity index is 1.37. The fourth-order valence-corrected chi connectivity index (χ4v) is 6.45. The summed E-state index contributed by atoms with van der Waals surface area (Å²) in [7, 11) is 0. The van der Waals surface area contributed by atoms with Gasteiger partial charge in [0.15, 0.2) is 17.5 Å². The highest BCUT2D eigenvalue weighted by Gasteiger charge is 2.22. The van der Waals surface area contributed by atoms with Crippen molar-refractivity contribution in [3.05, 3.63) is 152 Å². The number of benzene rings is 7. The molecule has 0 saturated carbocycles. The maximum Gasteiger partial charge on any atom is 0.164 e. The fourth-order valence-electron chi connectivity index (χ4n) is 6.45. The minimum Gasteiger partial charge on any atom is -0.455 e. The summed E-state index contributed by atoms with van der Waals surface area (Å²) >= 11 is 0. The Kier molecular flexibility index (Phi) is 5.78. The molecular formula is C41H25N3O. The van der Waals surface area contributed by atoms with Crippen molar-refractivity contribution in [2.45, 2.75) is 0 Å². The van der Waals surface area contributed by atoms with E-state index in [1.54, 1.807) is 0 Å². The summed E-state index contributed by atoms with van der Waals surface area (Å²) in [6.07, 6.45) is 0. The molecular weight excluding hydrogens is 550 g/mol. The van der Waals surface area contributed by atoms with Gasteiger partial charge in [0.25, 0.3) is 0 Å². The first-order valence-corrected chi connectivity index (χ1v) is 15.0. The van der Waals surface area contributed by atoms with Crippen LogP contribution in [0.25, 0.3) is 88.8 Å². The molecule has 0 fully saturated rings. The molecule has 0 aliphatic heterocycles. The average molecular weight is 576 g/mol. The Bertz CT molecular complexity index is 2470. The van der Waals surface area contributed by atoms with Gasteiger partial charge in [-0.25, -0.2) is 15.0 Å². The number of nitrogens with zero attached hydrogens (tertiary/aromatic N) is 3.